The molecule has 2 fully saturated rings. The Labute approximate surface area is 208 Å². The van der Waals surface area contributed by atoms with Crippen molar-refractivity contribution in [3.63, 3.8) is 0 Å². The average molecular weight is 488 g/mol. The minimum absolute atomic E-state index is 0.00715. The number of fused-ring (bicyclic) bond motifs is 1. The predicted octanol–water partition coefficient (Wildman–Crippen LogP) is 3.20. The van der Waals surface area contributed by atoms with Crippen molar-refractivity contribution >= 4 is 23.5 Å². The van der Waals surface area contributed by atoms with Crippen LogP contribution in [0.15, 0.2) is 0 Å². The van der Waals surface area contributed by atoms with E-state index in [0.29, 0.717) is 38.8 Å². The number of anilines is 2. The summed E-state index contributed by atoms with van der Waals surface area (Å²) in [5, 5.41) is 2.89. The van der Waals surface area contributed by atoms with Gasteiger partial charge in [-0.1, -0.05) is 13.8 Å². The highest BCUT2D eigenvalue weighted by molar-refractivity contribution is 5.77. The van der Waals surface area contributed by atoms with Crippen molar-refractivity contribution in [1.29, 1.82) is 0 Å². The maximum absolute atomic E-state index is 13.0. The molecule has 35 heavy (non-hydrogen) atoms. The number of hydrogen-bond acceptors (Lipinski definition) is 7. The molecule has 0 aromatic carbocycles. The fourth-order valence-corrected chi connectivity index (χ4v) is 5.17. The fourth-order valence-electron chi connectivity index (χ4n) is 5.17. The van der Waals surface area contributed by atoms with Gasteiger partial charge in [0.1, 0.15) is 0 Å². The molecule has 0 spiro atoms. The van der Waals surface area contributed by atoms with Crippen LogP contribution in [-0.4, -0.2) is 66.3 Å². The highest BCUT2D eigenvalue weighted by Gasteiger charge is 2.39. The molecule has 0 bridgehead atoms. The minimum Gasteiger partial charge on any atom is -0.466 e. The second-order valence-electron chi connectivity index (χ2n) is 10.9. The summed E-state index contributed by atoms with van der Waals surface area (Å²) in [4.78, 5) is 33.8. The molecule has 9 heteroatoms. The third-order valence-corrected chi connectivity index (χ3v) is 7.30. The number of nitrogens with two attached hydrogens (primary N) is 1. The van der Waals surface area contributed by atoms with Crippen LogP contribution >= 0.6 is 0 Å². The normalized spacial score (nSPS) is 21.6. The number of ether oxygens (including phenoxy) is 2. The number of nitrogen functional groups attached to an aromatic ring is 1. The Balaban J connectivity index is 1.52. The van der Waals surface area contributed by atoms with Crippen LogP contribution in [0.1, 0.15) is 76.6 Å². The Morgan fingerprint density at radius 1 is 1.26 bits per heavy atom. The van der Waals surface area contributed by atoms with Crippen molar-refractivity contribution in [3.8, 4) is 0 Å². The highest BCUT2D eigenvalue weighted by Crippen LogP contribution is 2.46. The molecular weight excluding hydrogens is 446 g/mol. The zero-order valence-electron chi connectivity index (χ0n) is 21.9. The topological polar surface area (TPSA) is 110 Å². The van der Waals surface area contributed by atoms with Crippen LogP contribution in [-0.2, 0) is 27.3 Å². The summed E-state index contributed by atoms with van der Waals surface area (Å²) in [6.07, 6.45) is 3.28. The first-order chi connectivity index (χ1) is 16.6. The number of carbonyl (C=O) groups is 2. The second kappa shape index (κ2) is 10.2. The standard InChI is InChI=1S/C26H41N5O4/c1-6-34-21(32)9-10-28-25(33)31-12-11-30(14-20(31)16(2)3)24-22(27)18-13-26(4,5)35-15-19(18)23(29-24)17-7-8-17/h16-17,20H,6-15,27H2,1-5H3,(H,28,33)/t20-/m0/s1. The summed E-state index contributed by atoms with van der Waals surface area (Å²) < 4.78 is 11.1. The third kappa shape index (κ3) is 5.66. The summed E-state index contributed by atoms with van der Waals surface area (Å²) in [7, 11) is 0. The van der Waals surface area contributed by atoms with Gasteiger partial charge in [0.25, 0.3) is 0 Å². The number of hydrogen-bond donors (Lipinski definition) is 2. The maximum atomic E-state index is 13.0. The summed E-state index contributed by atoms with van der Waals surface area (Å²) in [6.45, 7) is 13.3. The summed E-state index contributed by atoms with van der Waals surface area (Å²) in [5.41, 5.74) is 10.8. The van der Waals surface area contributed by atoms with Gasteiger partial charge in [-0.15, -0.1) is 0 Å². The smallest absolute Gasteiger partial charge is 0.317 e. The van der Waals surface area contributed by atoms with Crippen LogP contribution in [0.2, 0.25) is 0 Å². The summed E-state index contributed by atoms with van der Waals surface area (Å²) in [5.74, 6) is 1.31. The zero-order valence-corrected chi connectivity index (χ0v) is 21.9. The minimum atomic E-state index is -0.299. The average Bonchev–Trinajstić information content (AvgIpc) is 3.64. The lowest BCUT2D eigenvalue weighted by Gasteiger charge is -2.44. The number of pyridine rings is 1. The molecule has 4 rings (SSSR count). The molecule has 194 valence electrons. The van der Waals surface area contributed by atoms with E-state index in [2.05, 4.69) is 37.9 Å². The van der Waals surface area contributed by atoms with E-state index in [9.17, 15) is 9.59 Å². The van der Waals surface area contributed by atoms with Crippen molar-refractivity contribution < 1.29 is 19.1 Å². The van der Waals surface area contributed by atoms with E-state index in [-0.39, 0.29) is 42.5 Å². The molecule has 3 aliphatic rings. The van der Waals surface area contributed by atoms with E-state index in [0.717, 1.165) is 23.6 Å². The van der Waals surface area contributed by atoms with E-state index in [1.807, 2.05) is 4.90 Å². The second-order valence-corrected chi connectivity index (χ2v) is 10.9. The van der Waals surface area contributed by atoms with Crippen molar-refractivity contribution in [1.82, 2.24) is 15.2 Å². The van der Waals surface area contributed by atoms with Crippen molar-refractivity contribution in [3.05, 3.63) is 16.8 Å². The monoisotopic (exact) mass is 487 g/mol. The van der Waals surface area contributed by atoms with Crippen LogP contribution in [0.5, 0.6) is 0 Å². The molecule has 9 nitrogen and oxygen atoms in total. The molecule has 1 aliphatic carbocycles. The summed E-state index contributed by atoms with van der Waals surface area (Å²) in [6, 6.07) is -0.135. The number of aromatic nitrogens is 1. The lowest BCUT2D eigenvalue weighted by molar-refractivity contribution is -0.142. The molecule has 0 radical (unpaired) electrons. The maximum Gasteiger partial charge on any atom is 0.317 e. The van der Waals surface area contributed by atoms with Gasteiger partial charge in [-0.25, -0.2) is 9.78 Å². The van der Waals surface area contributed by atoms with Gasteiger partial charge in [0.2, 0.25) is 0 Å². The molecule has 0 unspecified atom stereocenters. The first-order valence-corrected chi connectivity index (χ1v) is 13.0. The van der Waals surface area contributed by atoms with Crippen LogP contribution in [0.4, 0.5) is 16.3 Å². The lowest BCUT2D eigenvalue weighted by atomic mass is 9.89. The molecule has 1 atom stereocenters. The fraction of sp³-hybridized carbons (Fsp3) is 0.731. The van der Waals surface area contributed by atoms with Crippen LogP contribution in [0.25, 0.3) is 0 Å². The van der Waals surface area contributed by atoms with Crippen LogP contribution < -0.4 is 16.0 Å². The van der Waals surface area contributed by atoms with Gasteiger partial charge in [0.15, 0.2) is 5.82 Å². The first kappa shape index (κ1) is 25.5. The Kier molecular flexibility index (Phi) is 7.45. The van der Waals surface area contributed by atoms with E-state index in [1.165, 1.54) is 24.0 Å². The first-order valence-electron chi connectivity index (χ1n) is 13.0. The van der Waals surface area contributed by atoms with Crippen molar-refractivity contribution in [2.75, 3.05) is 43.4 Å². The Morgan fingerprint density at radius 3 is 2.66 bits per heavy atom. The highest BCUT2D eigenvalue weighted by atomic mass is 16.5. The Morgan fingerprint density at radius 2 is 2.00 bits per heavy atom. The Bertz CT molecular complexity index is 960. The molecule has 1 aromatic rings. The van der Waals surface area contributed by atoms with Gasteiger partial charge in [0.05, 0.1) is 42.7 Å². The largest absolute Gasteiger partial charge is 0.466 e. The summed E-state index contributed by atoms with van der Waals surface area (Å²) >= 11 is 0. The van der Waals surface area contributed by atoms with Gasteiger partial charge < -0.3 is 30.3 Å². The van der Waals surface area contributed by atoms with Gasteiger partial charge in [-0.05, 0) is 45.1 Å². The van der Waals surface area contributed by atoms with Gasteiger partial charge in [-0.3, -0.25) is 4.79 Å². The molecule has 2 amide bonds. The van der Waals surface area contributed by atoms with Crippen LogP contribution in [0, 0.1) is 5.92 Å². The molecule has 1 saturated heterocycles. The van der Waals surface area contributed by atoms with E-state index >= 15 is 0 Å². The third-order valence-electron chi connectivity index (χ3n) is 7.30. The number of carbonyl (C=O) groups excluding carboxylic acids is 2. The molecule has 1 aromatic heterocycles. The quantitative estimate of drug-likeness (QED) is 0.568. The number of esters is 1. The predicted molar refractivity (Wildman–Crippen MR) is 135 cm³/mol. The Hall–Kier alpha value is -2.55. The molecule has 2 aliphatic heterocycles. The lowest BCUT2D eigenvalue weighted by Crippen LogP contribution is -2.59. The number of nitrogens with one attached hydrogen (secondary N) is 1. The van der Waals surface area contributed by atoms with Gasteiger partial charge >= 0.3 is 12.0 Å². The molecular formula is C26H41N5O4. The number of nitrogens with zero attached hydrogens (tertiary/aromatic N) is 3. The van der Waals surface area contributed by atoms with E-state index in [1.54, 1.807) is 6.92 Å². The molecule has 3 N–H and O–H groups in total. The zero-order chi connectivity index (χ0) is 25.3. The number of amides is 2. The van der Waals surface area contributed by atoms with E-state index < -0.39 is 0 Å². The molecule has 3 heterocycles. The van der Waals surface area contributed by atoms with Gasteiger partial charge in [0, 0.05) is 44.1 Å². The number of urea groups is 1. The van der Waals surface area contributed by atoms with Crippen molar-refractivity contribution in [2.45, 2.75) is 84.5 Å². The van der Waals surface area contributed by atoms with Crippen molar-refractivity contribution in [2.24, 2.45) is 5.92 Å². The van der Waals surface area contributed by atoms with Gasteiger partial charge in [-0.2, -0.15) is 0 Å². The molecule has 1 saturated carbocycles. The number of piperazine rings is 1. The SMILES string of the molecule is CCOC(=O)CCNC(=O)N1CCN(c2nc(C3CC3)c3c(c2N)CC(C)(C)OC3)C[C@H]1C(C)C. The van der Waals surface area contributed by atoms with Crippen LogP contribution in [0.3, 0.4) is 0 Å². The number of rotatable bonds is 7. The van der Waals surface area contributed by atoms with E-state index in [4.69, 9.17) is 20.2 Å².